The van der Waals surface area contributed by atoms with E-state index in [2.05, 4.69) is 15.2 Å². The Bertz CT molecular complexity index is 791. The first-order chi connectivity index (χ1) is 11.2. The summed E-state index contributed by atoms with van der Waals surface area (Å²) in [5.74, 6) is 1.68. The molecule has 3 rings (SSSR count). The zero-order valence-corrected chi connectivity index (χ0v) is 13.4. The van der Waals surface area contributed by atoms with Crippen LogP contribution in [0.3, 0.4) is 0 Å². The van der Waals surface area contributed by atoms with E-state index in [9.17, 15) is 4.39 Å². The van der Waals surface area contributed by atoms with Crippen molar-refractivity contribution in [3.8, 4) is 17.1 Å². The molecule has 0 aliphatic heterocycles. The highest BCUT2D eigenvalue weighted by Crippen LogP contribution is 2.21. The number of nitrogens with one attached hydrogen (secondary N) is 1. The second-order valence-electron chi connectivity index (χ2n) is 4.96. The molecular formula is C17H16FN3OS. The van der Waals surface area contributed by atoms with Crippen molar-refractivity contribution in [2.75, 3.05) is 12.4 Å². The molecule has 2 aromatic carbocycles. The van der Waals surface area contributed by atoms with Crippen LogP contribution in [-0.4, -0.2) is 27.5 Å². The molecule has 0 radical (unpaired) electrons. The summed E-state index contributed by atoms with van der Waals surface area (Å²) in [6, 6.07) is 14.4. The summed E-state index contributed by atoms with van der Waals surface area (Å²) in [5, 5.41) is 7.44. The zero-order chi connectivity index (χ0) is 16.1. The number of thioether (sulfide) groups is 1. The summed E-state index contributed by atoms with van der Waals surface area (Å²) >= 11 is 1.46. The first-order valence-electron chi connectivity index (χ1n) is 7.22. The number of aromatic nitrogens is 3. The molecule has 3 aromatic rings. The van der Waals surface area contributed by atoms with Crippen molar-refractivity contribution >= 4 is 11.8 Å². The highest BCUT2D eigenvalue weighted by atomic mass is 32.2. The van der Waals surface area contributed by atoms with Gasteiger partial charge in [-0.2, -0.15) is 0 Å². The normalized spacial score (nSPS) is 10.7. The predicted molar refractivity (Wildman–Crippen MR) is 89.2 cm³/mol. The van der Waals surface area contributed by atoms with Gasteiger partial charge in [-0.05, 0) is 36.8 Å². The van der Waals surface area contributed by atoms with Crippen molar-refractivity contribution in [1.82, 2.24) is 15.2 Å². The van der Waals surface area contributed by atoms with Gasteiger partial charge in [0.1, 0.15) is 11.6 Å². The van der Waals surface area contributed by atoms with Crippen LogP contribution in [0.15, 0.2) is 53.7 Å². The molecule has 0 fully saturated rings. The third-order valence-electron chi connectivity index (χ3n) is 3.17. The summed E-state index contributed by atoms with van der Waals surface area (Å²) in [6.07, 6.45) is 0. The Morgan fingerprint density at radius 1 is 1.17 bits per heavy atom. The van der Waals surface area contributed by atoms with E-state index in [1.807, 2.05) is 31.2 Å². The molecule has 0 amide bonds. The molecule has 0 aliphatic rings. The Morgan fingerprint density at radius 3 is 2.87 bits per heavy atom. The molecule has 4 nitrogen and oxygen atoms in total. The van der Waals surface area contributed by atoms with Crippen molar-refractivity contribution in [3.05, 3.63) is 59.9 Å². The van der Waals surface area contributed by atoms with E-state index < -0.39 is 0 Å². The molecule has 0 bridgehead atoms. The molecule has 1 heterocycles. The minimum Gasteiger partial charge on any atom is -0.493 e. The SMILES string of the molecule is Cc1cccc(OCCSc2n[nH]c(-c3ccccc3F)n2)c1. The zero-order valence-electron chi connectivity index (χ0n) is 12.6. The predicted octanol–water partition coefficient (Wildman–Crippen LogP) is 4.09. The number of nitrogens with zero attached hydrogens (tertiary/aromatic N) is 2. The van der Waals surface area contributed by atoms with Gasteiger partial charge in [0.2, 0.25) is 5.16 Å². The highest BCUT2D eigenvalue weighted by Gasteiger charge is 2.09. The van der Waals surface area contributed by atoms with Crippen molar-refractivity contribution in [2.45, 2.75) is 12.1 Å². The van der Waals surface area contributed by atoms with E-state index >= 15 is 0 Å². The van der Waals surface area contributed by atoms with Crippen LogP contribution in [0.25, 0.3) is 11.4 Å². The quantitative estimate of drug-likeness (QED) is 0.547. The van der Waals surface area contributed by atoms with E-state index in [1.54, 1.807) is 18.2 Å². The van der Waals surface area contributed by atoms with Crippen molar-refractivity contribution in [3.63, 3.8) is 0 Å². The van der Waals surface area contributed by atoms with Crippen molar-refractivity contribution in [1.29, 1.82) is 0 Å². The van der Waals surface area contributed by atoms with Gasteiger partial charge in [-0.25, -0.2) is 9.37 Å². The van der Waals surface area contributed by atoms with E-state index in [0.29, 0.717) is 28.9 Å². The third-order valence-corrected chi connectivity index (χ3v) is 3.98. The lowest BCUT2D eigenvalue weighted by atomic mass is 10.2. The maximum atomic E-state index is 13.7. The van der Waals surface area contributed by atoms with E-state index in [0.717, 1.165) is 5.75 Å². The summed E-state index contributed by atoms with van der Waals surface area (Å²) in [6.45, 7) is 2.58. The van der Waals surface area contributed by atoms with Gasteiger partial charge in [0, 0.05) is 5.75 Å². The van der Waals surface area contributed by atoms with Crippen LogP contribution in [0.1, 0.15) is 5.56 Å². The molecule has 6 heteroatoms. The minimum atomic E-state index is -0.317. The fourth-order valence-corrected chi connectivity index (χ4v) is 2.70. The number of ether oxygens (including phenoxy) is 1. The first kappa shape index (κ1) is 15.6. The van der Waals surface area contributed by atoms with Crippen LogP contribution in [-0.2, 0) is 0 Å². The average molecular weight is 329 g/mol. The van der Waals surface area contributed by atoms with E-state index in [4.69, 9.17) is 4.74 Å². The topological polar surface area (TPSA) is 50.8 Å². The smallest absolute Gasteiger partial charge is 0.208 e. The number of halogens is 1. The monoisotopic (exact) mass is 329 g/mol. The largest absolute Gasteiger partial charge is 0.493 e. The van der Waals surface area contributed by atoms with Gasteiger partial charge < -0.3 is 4.74 Å². The Balaban J connectivity index is 1.53. The maximum absolute atomic E-state index is 13.7. The van der Waals surface area contributed by atoms with Crippen molar-refractivity contribution < 1.29 is 9.13 Å². The van der Waals surface area contributed by atoms with Crippen LogP contribution in [0.2, 0.25) is 0 Å². The number of benzene rings is 2. The molecule has 0 saturated heterocycles. The minimum absolute atomic E-state index is 0.317. The molecule has 0 spiro atoms. The summed E-state index contributed by atoms with van der Waals surface area (Å²) < 4.78 is 19.4. The van der Waals surface area contributed by atoms with Gasteiger partial charge in [0.05, 0.1) is 12.2 Å². The molecule has 0 aliphatic carbocycles. The molecule has 118 valence electrons. The lowest BCUT2D eigenvalue weighted by Gasteiger charge is -2.05. The van der Waals surface area contributed by atoms with Crippen LogP contribution in [0.4, 0.5) is 4.39 Å². The molecule has 1 aromatic heterocycles. The number of aromatic amines is 1. The highest BCUT2D eigenvalue weighted by molar-refractivity contribution is 7.99. The second kappa shape index (κ2) is 7.28. The molecule has 0 saturated carbocycles. The standard InChI is InChI=1S/C17H16FN3OS/c1-12-5-4-6-13(11-12)22-9-10-23-17-19-16(20-21-17)14-7-2-3-8-15(14)18/h2-8,11H,9-10H2,1H3,(H,19,20,21). The Labute approximate surface area is 138 Å². The average Bonchev–Trinajstić information content (AvgIpc) is 3.01. The van der Waals surface area contributed by atoms with Crippen LogP contribution >= 0.6 is 11.8 Å². The fraction of sp³-hybridized carbons (Fsp3) is 0.176. The van der Waals surface area contributed by atoms with E-state index in [-0.39, 0.29) is 5.82 Å². The summed E-state index contributed by atoms with van der Waals surface area (Å²) in [7, 11) is 0. The third kappa shape index (κ3) is 4.10. The number of hydrogen-bond donors (Lipinski definition) is 1. The molecular weight excluding hydrogens is 313 g/mol. The molecule has 0 unspecified atom stereocenters. The maximum Gasteiger partial charge on any atom is 0.208 e. The van der Waals surface area contributed by atoms with E-state index in [1.165, 1.54) is 23.4 Å². The van der Waals surface area contributed by atoms with Gasteiger partial charge in [0.25, 0.3) is 0 Å². The Kier molecular flexibility index (Phi) is 4.92. The van der Waals surface area contributed by atoms with Gasteiger partial charge in [0.15, 0.2) is 5.82 Å². The number of rotatable bonds is 6. The van der Waals surface area contributed by atoms with Gasteiger partial charge in [-0.1, -0.05) is 36.0 Å². The van der Waals surface area contributed by atoms with Crippen LogP contribution in [0.5, 0.6) is 5.75 Å². The van der Waals surface area contributed by atoms with Crippen LogP contribution in [0, 0.1) is 12.7 Å². The summed E-state index contributed by atoms with van der Waals surface area (Å²) in [5.41, 5.74) is 1.58. The molecule has 0 atom stereocenters. The van der Waals surface area contributed by atoms with Crippen LogP contribution < -0.4 is 4.74 Å². The Morgan fingerprint density at radius 2 is 2.04 bits per heavy atom. The van der Waals surface area contributed by atoms with Crippen molar-refractivity contribution in [2.24, 2.45) is 0 Å². The lowest BCUT2D eigenvalue weighted by molar-refractivity contribution is 0.343. The fourth-order valence-electron chi connectivity index (χ4n) is 2.08. The molecule has 1 N–H and O–H groups in total. The lowest BCUT2D eigenvalue weighted by Crippen LogP contribution is -2.00. The molecule has 23 heavy (non-hydrogen) atoms. The van der Waals surface area contributed by atoms with Gasteiger partial charge >= 0.3 is 0 Å². The number of hydrogen-bond acceptors (Lipinski definition) is 4. The first-order valence-corrected chi connectivity index (χ1v) is 8.20. The van der Waals surface area contributed by atoms with Gasteiger partial charge in [-0.15, -0.1) is 5.10 Å². The van der Waals surface area contributed by atoms with Gasteiger partial charge in [-0.3, -0.25) is 5.10 Å². The Hall–Kier alpha value is -2.34. The number of aryl methyl sites for hydroxylation is 1. The summed E-state index contributed by atoms with van der Waals surface area (Å²) in [4.78, 5) is 4.30. The second-order valence-corrected chi connectivity index (χ2v) is 6.02. The number of H-pyrrole nitrogens is 1.